The van der Waals surface area contributed by atoms with E-state index in [2.05, 4.69) is 0 Å². The van der Waals surface area contributed by atoms with Gasteiger partial charge >= 0.3 is 0 Å². The number of benzene rings is 1. The van der Waals surface area contributed by atoms with Crippen molar-refractivity contribution in [3.63, 3.8) is 0 Å². The third-order valence-electron chi connectivity index (χ3n) is 4.91. The molecule has 0 atom stereocenters. The Morgan fingerprint density at radius 3 is 1.87 bits per heavy atom. The van der Waals surface area contributed by atoms with Gasteiger partial charge in [0, 0.05) is 19.2 Å². The van der Waals surface area contributed by atoms with Crippen LogP contribution in [0.2, 0.25) is 0 Å². The highest BCUT2D eigenvalue weighted by Gasteiger charge is 2.50. The van der Waals surface area contributed by atoms with E-state index in [1.165, 1.54) is 0 Å². The summed E-state index contributed by atoms with van der Waals surface area (Å²) in [6.45, 7) is 8.75. The van der Waals surface area contributed by atoms with Crippen LogP contribution < -0.4 is 14.5 Å². The van der Waals surface area contributed by atoms with Crippen molar-refractivity contribution >= 4 is 23.2 Å². The average Bonchev–Trinajstić information content (AvgIpc) is 2.65. The average molecular weight is 318 g/mol. The molecule has 0 bridgehead atoms. The molecule has 2 amide bonds. The number of hydrogen-bond acceptors (Lipinski definition) is 3. The van der Waals surface area contributed by atoms with E-state index in [9.17, 15) is 9.59 Å². The summed E-state index contributed by atoms with van der Waals surface area (Å²) >= 11 is 0. The van der Waals surface area contributed by atoms with E-state index in [4.69, 9.17) is 4.74 Å². The van der Waals surface area contributed by atoms with Crippen molar-refractivity contribution < 1.29 is 14.3 Å². The van der Waals surface area contributed by atoms with Crippen molar-refractivity contribution in [3.8, 4) is 5.75 Å². The van der Waals surface area contributed by atoms with Gasteiger partial charge < -0.3 is 14.5 Å². The van der Waals surface area contributed by atoms with Crippen molar-refractivity contribution in [1.82, 2.24) is 0 Å². The molecule has 1 aliphatic rings. The highest BCUT2D eigenvalue weighted by atomic mass is 16.5. The van der Waals surface area contributed by atoms with Gasteiger partial charge in [-0.3, -0.25) is 9.59 Å². The summed E-state index contributed by atoms with van der Waals surface area (Å²) in [6, 6.07) is 5.54. The lowest BCUT2D eigenvalue weighted by atomic mass is 9.79. The number of methoxy groups -OCH3 is 1. The molecule has 0 spiro atoms. The van der Waals surface area contributed by atoms with Crippen LogP contribution in [0.1, 0.15) is 40.5 Å². The molecule has 126 valence electrons. The molecular formula is C18H26N2O3. The minimum absolute atomic E-state index is 0.0997. The summed E-state index contributed by atoms with van der Waals surface area (Å²) in [4.78, 5) is 29.9. The Morgan fingerprint density at radius 2 is 1.43 bits per heavy atom. The lowest BCUT2D eigenvalue weighted by Gasteiger charge is -2.33. The maximum atomic E-state index is 13.2. The van der Waals surface area contributed by atoms with Gasteiger partial charge in [0.25, 0.3) is 0 Å². The predicted octanol–water partition coefficient (Wildman–Crippen LogP) is 3.22. The highest BCUT2D eigenvalue weighted by Crippen LogP contribution is 2.43. The van der Waals surface area contributed by atoms with Crippen molar-refractivity contribution in [2.45, 2.75) is 40.5 Å². The van der Waals surface area contributed by atoms with Gasteiger partial charge in [0.15, 0.2) is 0 Å². The summed E-state index contributed by atoms with van der Waals surface area (Å²) < 4.78 is 5.31. The van der Waals surface area contributed by atoms with E-state index < -0.39 is 5.41 Å². The number of ether oxygens (including phenoxy) is 1. The molecule has 0 radical (unpaired) electrons. The van der Waals surface area contributed by atoms with Gasteiger partial charge in [0.05, 0.1) is 18.5 Å². The molecule has 0 N–H and O–H groups in total. The maximum absolute atomic E-state index is 13.2. The molecule has 0 fully saturated rings. The molecule has 0 aliphatic carbocycles. The SMILES string of the molecule is CCN1C(=O)C(CC)(CC)C(=O)N(CC)c2cc(OC)ccc21. The second-order valence-corrected chi connectivity index (χ2v) is 5.74. The Kier molecular flexibility index (Phi) is 4.97. The third kappa shape index (κ3) is 2.48. The summed E-state index contributed by atoms with van der Waals surface area (Å²) in [7, 11) is 1.60. The Bertz CT molecular complexity index is 608. The first kappa shape index (κ1) is 17.3. The highest BCUT2D eigenvalue weighted by molar-refractivity contribution is 6.20. The van der Waals surface area contributed by atoms with Crippen LogP contribution in [0, 0.1) is 5.41 Å². The quantitative estimate of drug-likeness (QED) is 0.783. The first-order chi connectivity index (χ1) is 11.0. The maximum Gasteiger partial charge on any atom is 0.242 e. The fourth-order valence-electron chi connectivity index (χ4n) is 3.38. The number of nitrogens with zero attached hydrogens (tertiary/aromatic N) is 2. The van der Waals surface area contributed by atoms with Crippen molar-refractivity contribution in [2.24, 2.45) is 5.41 Å². The molecule has 0 unspecified atom stereocenters. The molecule has 0 saturated heterocycles. The van der Waals surface area contributed by atoms with Crippen molar-refractivity contribution in [2.75, 3.05) is 30.0 Å². The van der Waals surface area contributed by atoms with Crippen LogP contribution in [0.15, 0.2) is 18.2 Å². The predicted molar refractivity (Wildman–Crippen MR) is 92.1 cm³/mol. The molecule has 5 nitrogen and oxygen atoms in total. The molecule has 5 heteroatoms. The topological polar surface area (TPSA) is 49.9 Å². The first-order valence-electron chi connectivity index (χ1n) is 8.32. The number of rotatable bonds is 5. The van der Waals surface area contributed by atoms with E-state index in [1.807, 2.05) is 45.9 Å². The smallest absolute Gasteiger partial charge is 0.242 e. The van der Waals surface area contributed by atoms with Crippen molar-refractivity contribution in [1.29, 1.82) is 0 Å². The van der Waals surface area contributed by atoms with Gasteiger partial charge in [-0.15, -0.1) is 0 Å². The monoisotopic (exact) mass is 318 g/mol. The van der Waals surface area contributed by atoms with E-state index in [1.54, 1.807) is 16.9 Å². The Balaban J connectivity index is 2.75. The number of fused-ring (bicyclic) bond motifs is 1. The molecule has 1 aromatic rings. The van der Waals surface area contributed by atoms with E-state index in [0.29, 0.717) is 31.7 Å². The van der Waals surface area contributed by atoms with Crippen LogP contribution in [-0.2, 0) is 9.59 Å². The fraction of sp³-hybridized carbons (Fsp3) is 0.556. The molecule has 1 aromatic carbocycles. The minimum Gasteiger partial charge on any atom is -0.497 e. The Morgan fingerprint density at radius 1 is 0.913 bits per heavy atom. The van der Waals surface area contributed by atoms with Crippen LogP contribution in [0.4, 0.5) is 11.4 Å². The Hall–Kier alpha value is -2.04. The van der Waals surface area contributed by atoms with E-state index in [-0.39, 0.29) is 11.8 Å². The molecule has 2 rings (SSSR count). The van der Waals surface area contributed by atoms with Crippen LogP contribution in [0.5, 0.6) is 5.75 Å². The molecule has 0 saturated carbocycles. The minimum atomic E-state index is -0.988. The molecule has 0 aromatic heterocycles. The number of amides is 2. The summed E-state index contributed by atoms with van der Waals surface area (Å²) in [5.74, 6) is 0.469. The number of carbonyl (C=O) groups excluding carboxylic acids is 2. The van der Waals surface area contributed by atoms with E-state index >= 15 is 0 Å². The normalized spacial score (nSPS) is 17.1. The summed E-state index contributed by atoms with van der Waals surface area (Å²) in [6.07, 6.45) is 0.999. The Labute approximate surface area is 138 Å². The summed E-state index contributed by atoms with van der Waals surface area (Å²) in [5, 5.41) is 0. The molecule has 1 heterocycles. The number of anilines is 2. The number of carbonyl (C=O) groups is 2. The van der Waals surface area contributed by atoms with Crippen LogP contribution in [0.3, 0.4) is 0 Å². The summed E-state index contributed by atoms with van der Waals surface area (Å²) in [5.41, 5.74) is 0.534. The second kappa shape index (κ2) is 6.60. The van der Waals surface area contributed by atoms with E-state index in [0.717, 1.165) is 11.4 Å². The molecular weight excluding hydrogens is 292 g/mol. The van der Waals surface area contributed by atoms with Crippen LogP contribution >= 0.6 is 0 Å². The van der Waals surface area contributed by atoms with Gasteiger partial charge in [-0.25, -0.2) is 0 Å². The lowest BCUT2D eigenvalue weighted by molar-refractivity contribution is -0.140. The lowest BCUT2D eigenvalue weighted by Crippen LogP contribution is -2.51. The van der Waals surface area contributed by atoms with Crippen LogP contribution in [0.25, 0.3) is 0 Å². The van der Waals surface area contributed by atoms with Gasteiger partial charge in [-0.05, 0) is 38.8 Å². The van der Waals surface area contributed by atoms with Gasteiger partial charge in [0.1, 0.15) is 11.2 Å². The zero-order chi connectivity index (χ0) is 17.2. The van der Waals surface area contributed by atoms with Gasteiger partial charge in [-0.2, -0.15) is 0 Å². The molecule has 23 heavy (non-hydrogen) atoms. The fourth-order valence-corrected chi connectivity index (χ4v) is 3.38. The first-order valence-corrected chi connectivity index (χ1v) is 8.32. The van der Waals surface area contributed by atoms with Gasteiger partial charge in [0.2, 0.25) is 11.8 Å². The zero-order valence-corrected chi connectivity index (χ0v) is 14.7. The standard InChI is InChI=1S/C18H26N2O3/c1-6-18(7-2)16(21)19(8-3)14-11-10-13(23-5)12-15(14)20(9-4)17(18)22/h10-12H,6-9H2,1-5H3. The van der Waals surface area contributed by atoms with Gasteiger partial charge in [-0.1, -0.05) is 13.8 Å². The van der Waals surface area contributed by atoms with Crippen LogP contribution in [-0.4, -0.2) is 32.0 Å². The second-order valence-electron chi connectivity index (χ2n) is 5.74. The third-order valence-corrected chi connectivity index (χ3v) is 4.91. The largest absolute Gasteiger partial charge is 0.497 e. The van der Waals surface area contributed by atoms with Crippen molar-refractivity contribution in [3.05, 3.63) is 18.2 Å². The number of hydrogen-bond donors (Lipinski definition) is 0. The zero-order valence-electron chi connectivity index (χ0n) is 14.7. The molecule has 1 aliphatic heterocycles.